The molecule has 1 fully saturated rings. The number of alkyl halides is 3. The number of hydrogen-bond donors (Lipinski definition) is 2. The minimum Gasteiger partial charge on any atom is -0.337 e. The van der Waals surface area contributed by atoms with E-state index in [0.29, 0.717) is 0 Å². The van der Waals surface area contributed by atoms with Crippen molar-refractivity contribution < 1.29 is 22.9 Å². The number of quaternary nitrogens is 1. The van der Waals surface area contributed by atoms with Crippen LogP contribution in [-0.2, 0) is 6.18 Å². The third-order valence-electron chi connectivity index (χ3n) is 4.23. The Morgan fingerprint density at radius 3 is 2.59 bits per heavy atom. The summed E-state index contributed by atoms with van der Waals surface area (Å²) in [7, 11) is 2.16. The van der Waals surface area contributed by atoms with E-state index < -0.39 is 17.6 Å². The van der Waals surface area contributed by atoms with Gasteiger partial charge >= 0.3 is 6.18 Å². The van der Waals surface area contributed by atoms with Crippen LogP contribution in [0.1, 0.15) is 20.8 Å². The summed E-state index contributed by atoms with van der Waals surface area (Å²) in [5.74, 6) is -0.577. The van der Waals surface area contributed by atoms with Crippen LogP contribution in [-0.4, -0.2) is 50.3 Å². The lowest BCUT2D eigenvalue weighted by atomic mass is 10.1. The van der Waals surface area contributed by atoms with Crippen molar-refractivity contribution in [1.29, 1.82) is 0 Å². The van der Waals surface area contributed by atoms with Gasteiger partial charge in [0.1, 0.15) is 0 Å². The zero-order valence-corrected chi connectivity index (χ0v) is 15.4. The summed E-state index contributed by atoms with van der Waals surface area (Å²) >= 11 is 1.47. The topological polar surface area (TPSA) is 62.0 Å². The lowest BCUT2D eigenvalue weighted by Crippen LogP contribution is -3.12. The first-order chi connectivity index (χ1) is 12.8. The van der Waals surface area contributed by atoms with Gasteiger partial charge in [0.25, 0.3) is 5.91 Å². The molecule has 10 heteroatoms. The Kier molecular flexibility index (Phi) is 5.76. The second-order valence-electron chi connectivity index (χ2n) is 6.26. The number of carbonyl (C=O) groups is 1. The number of aromatic nitrogens is 1. The maximum atomic E-state index is 12.5. The fraction of sp³-hybridized carbons (Fsp3) is 0.353. The van der Waals surface area contributed by atoms with Gasteiger partial charge in [-0.2, -0.15) is 18.3 Å². The number of amides is 1. The number of thiazole rings is 1. The first kappa shape index (κ1) is 19.3. The summed E-state index contributed by atoms with van der Waals surface area (Å²) in [6, 6.07) is 3.97. The highest BCUT2D eigenvalue weighted by Crippen LogP contribution is 2.29. The number of benzene rings is 1. The van der Waals surface area contributed by atoms with Crippen LogP contribution in [0.25, 0.3) is 0 Å². The van der Waals surface area contributed by atoms with E-state index in [-0.39, 0.29) is 5.56 Å². The molecule has 0 spiro atoms. The van der Waals surface area contributed by atoms with E-state index in [1.807, 2.05) is 0 Å². The van der Waals surface area contributed by atoms with Crippen molar-refractivity contribution in [2.45, 2.75) is 6.18 Å². The number of hydrogen-bond acceptors (Lipinski definition) is 5. The number of anilines is 1. The van der Waals surface area contributed by atoms with E-state index >= 15 is 0 Å². The minimum absolute atomic E-state index is 0.102. The number of rotatable bonds is 4. The monoisotopic (exact) mass is 398 g/mol. The molecule has 2 aromatic rings. The summed E-state index contributed by atoms with van der Waals surface area (Å²) in [4.78, 5) is 20.8. The summed E-state index contributed by atoms with van der Waals surface area (Å²) in [5, 5.41) is 4.78. The number of halogens is 3. The van der Waals surface area contributed by atoms with Crippen LogP contribution in [0.15, 0.2) is 35.6 Å². The Morgan fingerprint density at radius 2 is 1.96 bits per heavy atom. The second kappa shape index (κ2) is 8.05. The smallest absolute Gasteiger partial charge is 0.337 e. The van der Waals surface area contributed by atoms with Crippen LogP contribution < -0.4 is 15.2 Å². The lowest BCUT2D eigenvalue weighted by Gasteiger charge is -2.29. The number of hydrazone groups is 1. The molecule has 0 aliphatic carbocycles. The van der Waals surface area contributed by atoms with Crippen LogP contribution in [0.5, 0.6) is 0 Å². The maximum absolute atomic E-state index is 12.5. The molecule has 1 aliphatic rings. The highest BCUT2D eigenvalue weighted by molar-refractivity contribution is 7.17. The number of likely N-dealkylation sites (N-methyl/N-ethyl adjacent to an activating group) is 1. The van der Waals surface area contributed by atoms with Crippen molar-refractivity contribution in [3.8, 4) is 0 Å². The fourth-order valence-corrected chi connectivity index (χ4v) is 3.43. The zero-order chi connectivity index (χ0) is 19.4. The lowest BCUT2D eigenvalue weighted by molar-refractivity contribution is -0.880. The standard InChI is InChI=1S/C17H18F3N5OS/c1-24-6-8-25(9-7-24)16-21-10-14(27-16)11-22-23-15(26)12-2-4-13(5-3-12)17(18,19)20/h2-5,10-11H,6-9H2,1H3,(H,23,26)/p+1/b22-11-. The average molecular weight is 398 g/mol. The van der Waals surface area contributed by atoms with E-state index in [9.17, 15) is 18.0 Å². The molecule has 1 saturated heterocycles. The molecular weight excluding hydrogens is 379 g/mol. The zero-order valence-electron chi connectivity index (χ0n) is 14.6. The molecule has 0 atom stereocenters. The predicted molar refractivity (Wildman–Crippen MR) is 97.5 cm³/mol. The first-order valence-electron chi connectivity index (χ1n) is 8.35. The molecule has 0 radical (unpaired) electrons. The summed E-state index contributed by atoms with van der Waals surface area (Å²) < 4.78 is 37.6. The van der Waals surface area contributed by atoms with Crippen molar-refractivity contribution in [2.75, 3.05) is 38.1 Å². The molecule has 1 amide bonds. The van der Waals surface area contributed by atoms with Crippen LogP contribution in [0.2, 0.25) is 0 Å². The molecule has 1 aromatic carbocycles. The molecule has 0 saturated carbocycles. The van der Waals surface area contributed by atoms with Gasteiger partial charge in [-0.3, -0.25) is 4.79 Å². The Balaban J connectivity index is 1.55. The highest BCUT2D eigenvalue weighted by atomic mass is 32.1. The number of piperazine rings is 1. The second-order valence-corrected chi connectivity index (χ2v) is 7.30. The third kappa shape index (κ3) is 5.04. The average Bonchev–Trinajstić information content (AvgIpc) is 3.10. The van der Waals surface area contributed by atoms with Gasteiger partial charge in [0.15, 0.2) is 5.13 Å². The van der Waals surface area contributed by atoms with Crippen molar-refractivity contribution in [3.63, 3.8) is 0 Å². The third-order valence-corrected chi connectivity index (χ3v) is 5.22. The van der Waals surface area contributed by atoms with Crippen LogP contribution >= 0.6 is 11.3 Å². The fourth-order valence-electron chi connectivity index (χ4n) is 2.59. The SMILES string of the molecule is C[NH+]1CCN(c2ncc(/C=N\NC(=O)c3ccc(C(F)(F)F)cc3)s2)CC1. The van der Waals surface area contributed by atoms with Gasteiger partial charge in [-0.25, -0.2) is 10.4 Å². The van der Waals surface area contributed by atoms with Gasteiger partial charge in [-0.05, 0) is 24.3 Å². The van der Waals surface area contributed by atoms with Crippen molar-refractivity contribution in [3.05, 3.63) is 46.5 Å². The summed E-state index contributed by atoms with van der Waals surface area (Å²) in [6.45, 7) is 4.01. The molecule has 3 rings (SSSR count). The molecule has 1 aliphatic heterocycles. The number of carbonyl (C=O) groups excluding carboxylic acids is 1. The van der Waals surface area contributed by atoms with Gasteiger partial charge < -0.3 is 9.80 Å². The van der Waals surface area contributed by atoms with E-state index in [1.54, 1.807) is 6.20 Å². The molecule has 0 bridgehead atoms. The molecular formula is C17H19F3N5OS+. The molecule has 2 heterocycles. The number of nitrogens with one attached hydrogen (secondary N) is 2. The summed E-state index contributed by atoms with van der Waals surface area (Å²) in [5.41, 5.74) is 1.61. The van der Waals surface area contributed by atoms with Gasteiger partial charge in [0, 0.05) is 11.8 Å². The van der Waals surface area contributed by atoms with Crippen molar-refractivity contribution in [2.24, 2.45) is 5.10 Å². The largest absolute Gasteiger partial charge is 0.416 e. The van der Waals surface area contributed by atoms with Crippen molar-refractivity contribution in [1.82, 2.24) is 10.4 Å². The van der Waals surface area contributed by atoms with Crippen LogP contribution in [0, 0.1) is 0 Å². The van der Waals surface area contributed by atoms with Crippen LogP contribution in [0.4, 0.5) is 18.3 Å². The quantitative estimate of drug-likeness (QED) is 0.602. The molecule has 2 N–H and O–H groups in total. The number of nitrogens with zero attached hydrogens (tertiary/aromatic N) is 3. The normalized spacial score (nSPS) is 16.1. The maximum Gasteiger partial charge on any atom is 0.416 e. The summed E-state index contributed by atoms with van der Waals surface area (Å²) in [6.07, 6.45) is -1.27. The van der Waals surface area contributed by atoms with Crippen molar-refractivity contribution >= 4 is 28.6 Å². The molecule has 144 valence electrons. The van der Waals surface area contributed by atoms with Gasteiger partial charge in [-0.1, -0.05) is 11.3 Å². The van der Waals surface area contributed by atoms with E-state index in [2.05, 4.69) is 27.5 Å². The molecule has 27 heavy (non-hydrogen) atoms. The highest BCUT2D eigenvalue weighted by Gasteiger charge is 2.30. The predicted octanol–water partition coefficient (Wildman–Crippen LogP) is 1.26. The molecule has 0 unspecified atom stereocenters. The minimum atomic E-state index is -4.43. The Morgan fingerprint density at radius 1 is 1.30 bits per heavy atom. The van der Waals surface area contributed by atoms with E-state index in [1.165, 1.54) is 22.5 Å². The molecule has 6 nitrogen and oxygen atoms in total. The van der Waals surface area contributed by atoms with Crippen LogP contribution in [0.3, 0.4) is 0 Å². The van der Waals surface area contributed by atoms with Gasteiger partial charge in [0.05, 0.1) is 49.9 Å². The first-order valence-corrected chi connectivity index (χ1v) is 9.17. The van der Waals surface area contributed by atoms with Gasteiger partial charge in [0.2, 0.25) is 0 Å². The Hall–Kier alpha value is -2.46. The van der Waals surface area contributed by atoms with E-state index in [0.717, 1.165) is 60.5 Å². The Labute approximate surface area is 158 Å². The van der Waals surface area contributed by atoms with Gasteiger partial charge in [-0.15, -0.1) is 0 Å². The van der Waals surface area contributed by atoms with E-state index in [4.69, 9.17) is 0 Å². The Bertz CT molecular complexity index is 811. The molecule has 1 aromatic heterocycles.